The summed E-state index contributed by atoms with van der Waals surface area (Å²) in [5, 5.41) is 17.8. The minimum atomic E-state index is -1.06. The van der Waals surface area contributed by atoms with Crippen LogP contribution in [0.2, 0.25) is 0 Å². The zero-order valence-electron chi connectivity index (χ0n) is 46.8. The van der Waals surface area contributed by atoms with Crippen molar-refractivity contribution in [2.45, 2.75) is 109 Å². The average molecular weight is 1090 g/mol. The van der Waals surface area contributed by atoms with E-state index < -0.39 is 18.7 Å². The topological polar surface area (TPSA) is 224 Å². The lowest BCUT2D eigenvalue weighted by Crippen LogP contribution is -2.22. The van der Waals surface area contributed by atoms with Crippen molar-refractivity contribution >= 4 is 5.97 Å². The van der Waals surface area contributed by atoms with Crippen LogP contribution in [0.25, 0.3) is 0 Å². The molecule has 0 spiro atoms. The molecule has 0 aliphatic rings. The van der Waals surface area contributed by atoms with E-state index in [4.69, 9.17) is 95.5 Å². The molecule has 0 radical (unpaired) electrons. The van der Waals surface area contributed by atoms with Gasteiger partial charge in [-0.2, -0.15) is 0 Å². The number of carbonyl (C=O) groups is 1. The molecule has 75 heavy (non-hydrogen) atoms. The second kappa shape index (κ2) is 68.8. The lowest BCUT2D eigenvalue weighted by Gasteiger charge is -2.09. The lowest BCUT2D eigenvalue weighted by atomic mass is 10.0. The molecule has 21 heteroatoms. The first-order chi connectivity index (χ1) is 37.2. The third-order valence-electron chi connectivity index (χ3n) is 10.7. The molecular formula is C54H108O21. The van der Waals surface area contributed by atoms with Gasteiger partial charge in [0.2, 0.25) is 0 Å². The monoisotopic (exact) mass is 1090 g/mol. The van der Waals surface area contributed by atoms with Gasteiger partial charge in [0.1, 0.15) is 12.7 Å². The number of esters is 1. The zero-order chi connectivity index (χ0) is 53.9. The van der Waals surface area contributed by atoms with Crippen LogP contribution in [0.4, 0.5) is 0 Å². The SMILES string of the molecule is CCCCCCCCCCCCCCCCOCCOCCOCCOCCOCCOCCOCCOCCOCCOCCOCCOCCOCCOCCOCCOCCOCCC(=O)OCC(O)CO. The van der Waals surface area contributed by atoms with Gasteiger partial charge < -0.3 is 95.5 Å². The van der Waals surface area contributed by atoms with Gasteiger partial charge in [0.25, 0.3) is 0 Å². The number of carbonyl (C=O) groups excluding carboxylic acids is 1. The van der Waals surface area contributed by atoms with E-state index in [0.29, 0.717) is 211 Å². The van der Waals surface area contributed by atoms with Gasteiger partial charge in [-0.05, 0) is 6.42 Å². The zero-order valence-corrected chi connectivity index (χ0v) is 46.8. The Morgan fingerprint density at radius 1 is 0.280 bits per heavy atom. The van der Waals surface area contributed by atoms with Crippen molar-refractivity contribution in [3.05, 3.63) is 0 Å². The van der Waals surface area contributed by atoms with Crippen LogP contribution in [0, 0.1) is 0 Å². The van der Waals surface area contributed by atoms with Crippen LogP contribution in [-0.4, -0.2) is 260 Å². The standard InChI is InChI=1S/C54H108O21/c1-2-3-4-5-6-7-8-9-10-11-12-13-14-15-17-58-19-21-60-23-25-62-27-29-64-31-33-66-35-37-68-39-41-70-43-45-72-47-49-74-50-48-73-46-44-71-42-40-69-38-36-67-34-32-65-30-28-63-26-24-61-22-20-59-18-16-54(57)75-52-53(56)51-55/h53,55-56H,2-52H2,1H3. The Morgan fingerprint density at radius 3 is 0.680 bits per heavy atom. The van der Waals surface area contributed by atoms with Crippen molar-refractivity contribution in [1.82, 2.24) is 0 Å². The summed E-state index contributed by atoms with van der Waals surface area (Å²) in [7, 11) is 0. The van der Waals surface area contributed by atoms with Gasteiger partial charge in [0.15, 0.2) is 0 Å². The highest BCUT2D eigenvalue weighted by molar-refractivity contribution is 5.69. The Bertz CT molecular complexity index is 1040. The minimum absolute atomic E-state index is 0.0619. The highest BCUT2D eigenvalue weighted by Gasteiger charge is 2.08. The molecule has 0 heterocycles. The molecule has 0 rings (SSSR count). The Labute approximate surface area is 452 Å². The number of rotatable bonds is 69. The fourth-order valence-electron chi connectivity index (χ4n) is 6.49. The van der Waals surface area contributed by atoms with E-state index in [1.165, 1.54) is 83.5 Å². The van der Waals surface area contributed by atoms with Crippen molar-refractivity contribution in [3.8, 4) is 0 Å². The summed E-state index contributed by atoms with van der Waals surface area (Å²) in [5.74, 6) is -0.499. The number of aliphatic hydroxyl groups is 2. The first-order valence-corrected chi connectivity index (χ1v) is 28.5. The summed E-state index contributed by atoms with van der Waals surface area (Å²) in [5.41, 5.74) is 0. The Balaban J connectivity index is 3.09. The van der Waals surface area contributed by atoms with Crippen molar-refractivity contribution in [2.75, 3.05) is 238 Å². The van der Waals surface area contributed by atoms with Crippen LogP contribution >= 0.6 is 0 Å². The fraction of sp³-hybridized carbons (Fsp3) is 0.981. The normalized spacial score (nSPS) is 12.1. The summed E-state index contributed by atoms with van der Waals surface area (Å²) in [4.78, 5) is 11.4. The summed E-state index contributed by atoms with van der Waals surface area (Å²) in [6.07, 6.45) is 18.2. The van der Waals surface area contributed by atoms with Gasteiger partial charge in [-0.1, -0.05) is 90.4 Å². The third-order valence-corrected chi connectivity index (χ3v) is 10.7. The number of hydrogen-bond donors (Lipinski definition) is 2. The van der Waals surface area contributed by atoms with Crippen molar-refractivity contribution in [3.63, 3.8) is 0 Å². The molecule has 0 aliphatic carbocycles. The number of aliphatic hydroxyl groups excluding tert-OH is 2. The van der Waals surface area contributed by atoms with Crippen LogP contribution < -0.4 is 0 Å². The Kier molecular flexibility index (Phi) is 67.6. The summed E-state index contributed by atoms with van der Waals surface area (Å²) < 4.78 is 98.4. The fourth-order valence-corrected chi connectivity index (χ4v) is 6.49. The summed E-state index contributed by atoms with van der Waals surface area (Å²) >= 11 is 0. The van der Waals surface area contributed by atoms with Crippen molar-refractivity contribution < 1.29 is 100 Å². The molecule has 21 nitrogen and oxygen atoms in total. The van der Waals surface area contributed by atoms with Gasteiger partial charge >= 0.3 is 5.97 Å². The van der Waals surface area contributed by atoms with Crippen LogP contribution in [0.3, 0.4) is 0 Å². The van der Waals surface area contributed by atoms with Crippen LogP contribution in [-0.2, 0) is 90.1 Å². The average Bonchev–Trinajstić information content (AvgIpc) is 3.42. The molecule has 2 N–H and O–H groups in total. The van der Waals surface area contributed by atoms with Crippen molar-refractivity contribution in [1.29, 1.82) is 0 Å². The third kappa shape index (κ3) is 68.8. The lowest BCUT2D eigenvalue weighted by molar-refractivity contribution is -0.148. The van der Waals surface area contributed by atoms with E-state index in [2.05, 4.69) is 6.92 Å². The van der Waals surface area contributed by atoms with Crippen molar-refractivity contribution in [2.24, 2.45) is 0 Å². The second-order valence-corrected chi connectivity index (χ2v) is 17.3. The van der Waals surface area contributed by atoms with E-state index in [1.807, 2.05) is 0 Å². The molecule has 0 aromatic carbocycles. The highest BCUT2D eigenvalue weighted by atomic mass is 16.6. The van der Waals surface area contributed by atoms with E-state index >= 15 is 0 Å². The number of hydrogen-bond acceptors (Lipinski definition) is 21. The first-order valence-electron chi connectivity index (χ1n) is 28.5. The summed E-state index contributed by atoms with van der Waals surface area (Å²) in [6, 6.07) is 0. The molecule has 0 amide bonds. The van der Waals surface area contributed by atoms with E-state index in [0.717, 1.165) is 13.0 Å². The van der Waals surface area contributed by atoms with Crippen LogP contribution in [0.5, 0.6) is 0 Å². The maximum absolute atomic E-state index is 11.4. The molecule has 0 aromatic rings. The Hall–Kier alpha value is -1.29. The Morgan fingerprint density at radius 2 is 0.467 bits per heavy atom. The number of unbranched alkanes of at least 4 members (excludes halogenated alkanes) is 13. The van der Waals surface area contributed by atoms with Gasteiger partial charge in [-0.25, -0.2) is 0 Å². The largest absolute Gasteiger partial charge is 0.463 e. The van der Waals surface area contributed by atoms with E-state index in [1.54, 1.807) is 0 Å². The van der Waals surface area contributed by atoms with Gasteiger partial charge in [-0.3, -0.25) is 4.79 Å². The molecule has 1 atom stereocenters. The molecule has 0 saturated carbocycles. The molecular weight excluding hydrogens is 985 g/mol. The molecule has 450 valence electrons. The molecule has 0 saturated heterocycles. The van der Waals surface area contributed by atoms with E-state index in [9.17, 15) is 4.79 Å². The number of ether oxygens (including phenoxy) is 18. The van der Waals surface area contributed by atoms with E-state index in [-0.39, 0.29) is 19.6 Å². The first kappa shape index (κ1) is 73.7. The summed E-state index contributed by atoms with van der Waals surface area (Å²) in [6.45, 7) is 18.2. The predicted molar refractivity (Wildman–Crippen MR) is 283 cm³/mol. The molecule has 0 fully saturated rings. The maximum Gasteiger partial charge on any atom is 0.308 e. The highest BCUT2D eigenvalue weighted by Crippen LogP contribution is 2.13. The molecule has 0 aromatic heterocycles. The smallest absolute Gasteiger partial charge is 0.308 e. The molecule has 1 unspecified atom stereocenters. The van der Waals surface area contributed by atoms with Gasteiger partial charge in [-0.15, -0.1) is 0 Å². The molecule has 0 bridgehead atoms. The quantitative estimate of drug-likeness (QED) is 0.0602. The molecule has 0 aliphatic heterocycles. The predicted octanol–water partition coefficient (Wildman–Crippen LogP) is 5.04. The van der Waals surface area contributed by atoms with Crippen LogP contribution in [0.1, 0.15) is 103 Å². The maximum atomic E-state index is 11.4. The van der Waals surface area contributed by atoms with Gasteiger partial charge in [0.05, 0.1) is 231 Å². The second-order valence-electron chi connectivity index (χ2n) is 17.3. The van der Waals surface area contributed by atoms with Crippen LogP contribution in [0.15, 0.2) is 0 Å². The van der Waals surface area contributed by atoms with Gasteiger partial charge in [0, 0.05) is 6.61 Å². The minimum Gasteiger partial charge on any atom is -0.463 e.